The number of hydrogen-bond donors (Lipinski definition) is 0. The smallest absolute Gasteiger partial charge is 0.372 e. The van der Waals surface area contributed by atoms with Crippen LogP contribution in [-0.4, -0.2) is 89.7 Å². The van der Waals surface area contributed by atoms with Gasteiger partial charge in [-0.15, -0.1) is 0 Å². The second-order valence-electron chi connectivity index (χ2n) is 12.1. The first kappa shape index (κ1) is 32.6. The summed E-state index contributed by atoms with van der Waals surface area (Å²) in [6.45, 7) is 5.29. The van der Waals surface area contributed by atoms with Crippen LogP contribution in [0.2, 0.25) is 0 Å². The number of para-hydroxylation sites is 2. The molecular formula is C38H46N4O2S2+2. The fraction of sp³-hybridized carbons (Fsp3) is 0.368. The van der Waals surface area contributed by atoms with E-state index < -0.39 is 0 Å². The molecule has 4 aliphatic rings. The van der Waals surface area contributed by atoms with Crippen molar-refractivity contribution in [3.05, 3.63) is 120 Å². The molecule has 240 valence electrons. The monoisotopic (exact) mass is 654 g/mol. The van der Waals surface area contributed by atoms with Crippen LogP contribution in [0, 0.1) is 0 Å². The first-order valence-electron chi connectivity index (χ1n) is 16.4. The molecule has 0 amide bonds. The predicted molar refractivity (Wildman–Crippen MR) is 195 cm³/mol. The lowest BCUT2D eigenvalue weighted by Crippen LogP contribution is -2.33. The fourth-order valence-corrected chi connectivity index (χ4v) is 8.25. The van der Waals surface area contributed by atoms with E-state index in [1.54, 1.807) is 0 Å². The van der Waals surface area contributed by atoms with Crippen LogP contribution in [-0.2, 0) is 4.74 Å². The Hall–Kier alpha value is -3.30. The van der Waals surface area contributed by atoms with Gasteiger partial charge >= 0.3 is 11.8 Å². The van der Waals surface area contributed by atoms with Crippen molar-refractivity contribution in [2.45, 2.75) is 44.0 Å². The van der Waals surface area contributed by atoms with E-state index in [0.29, 0.717) is 18.1 Å². The number of hydrogen-bond acceptors (Lipinski definition) is 6. The molecule has 4 unspecified atom stereocenters. The summed E-state index contributed by atoms with van der Waals surface area (Å²) in [7, 11) is 8.46. The van der Waals surface area contributed by atoms with E-state index in [4.69, 9.17) is 9.15 Å². The molecule has 8 heteroatoms. The zero-order chi connectivity index (χ0) is 31.7. The molecule has 6 rings (SSSR count). The molecule has 0 saturated carbocycles. The van der Waals surface area contributed by atoms with Gasteiger partial charge in [-0.2, -0.15) is 9.56 Å². The molecule has 0 bridgehead atoms. The van der Waals surface area contributed by atoms with Gasteiger partial charge in [-0.25, -0.2) is 0 Å². The lowest BCUT2D eigenvalue weighted by atomic mass is 10.0. The van der Waals surface area contributed by atoms with Crippen LogP contribution in [0.15, 0.2) is 119 Å². The minimum absolute atomic E-state index is 0.124. The van der Waals surface area contributed by atoms with Crippen molar-refractivity contribution in [1.82, 2.24) is 9.80 Å². The van der Waals surface area contributed by atoms with Crippen molar-refractivity contribution in [2.24, 2.45) is 0 Å². The molecule has 6 nitrogen and oxygen atoms in total. The molecule has 1 aromatic heterocycles. The summed E-state index contributed by atoms with van der Waals surface area (Å²) in [6, 6.07) is 9.22. The van der Waals surface area contributed by atoms with Gasteiger partial charge in [0.2, 0.25) is 17.1 Å². The van der Waals surface area contributed by atoms with Crippen molar-refractivity contribution in [1.29, 1.82) is 0 Å². The van der Waals surface area contributed by atoms with Crippen LogP contribution in [0.1, 0.15) is 25.7 Å². The van der Waals surface area contributed by atoms with Gasteiger partial charge in [0.05, 0.1) is 12.2 Å². The first-order valence-corrected chi connectivity index (χ1v) is 18.9. The highest BCUT2D eigenvalue weighted by Crippen LogP contribution is 2.25. The number of rotatable bonds is 14. The summed E-state index contributed by atoms with van der Waals surface area (Å²) in [5.74, 6) is 3.99. The maximum Gasteiger partial charge on any atom is 0.372 e. The lowest BCUT2D eigenvalue weighted by Gasteiger charge is -2.27. The number of oxazole rings is 1. The summed E-state index contributed by atoms with van der Waals surface area (Å²) in [5.41, 5.74) is 4.37. The first-order chi connectivity index (χ1) is 22.6. The topological polar surface area (TPSA) is 46.0 Å². The molecule has 3 aliphatic carbocycles. The molecule has 1 N–H and O–H groups in total. The number of fused-ring (bicyclic) bond motifs is 2. The number of nitrogens with one attached hydrogen (secondary N) is 1. The van der Waals surface area contributed by atoms with E-state index in [1.807, 2.05) is 51.9 Å². The number of H-pyrrole nitrogens is 1. The second kappa shape index (κ2) is 16.0. The zero-order valence-electron chi connectivity index (χ0n) is 27.1. The number of nitrogens with zero attached hydrogens (tertiary/aromatic N) is 3. The van der Waals surface area contributed by atoms with Crippen molar-refractivity contribution in [2.75, 3.05) is 45.2 Å². The van der Waals surface area contributed by atoms with E-state index in [9.17, 15) is 0 Å². The van der Waals surface area contributed by atoms with Crippen LogP contribution in [0.25, 0.3) is 17.2 Å². The van der Waals surface area contributed by atoms with Crippen molar-refractivity contribution >= 4 is 44.7 Å². The minimum Gasteiger partial charge on any atom is -0.430 e. The molecule has 0 saturated heterocycles. The number of aromatic amines is 1. The average molecular weight is 655 g/mol. The molecule has 1 aliphatic heterocycles. The van der Waals surface area contributed by atoms with E-state index >= 15 is 0 Å². The van der Waals surface area contributed by atoms with E-state index in [1.165, 1.54) is 11.1 Å². The highest BCUT2D eigenvalue weighted by molar-refractivity contribution is 8.76. The Bertz CT molecular complexity index is 1610. The Labute approximate surface area is 281 Å². The maximum absolute atomic E-state index is 6.21. The molecule has 0 spiro atoms. The van der Waals surface area contributed by atoms with Crippen LogP contribution in [0.5, 0.6) is 0 Å². The summed E-state index contributed by atoms with van der Waals surface area (Å²) < 4.78 is 14.4. The van der Waals surface area contributed by atoms with Gasteiger partial charge in [0.25, 0.3) is 0 Å². The van der Waals surface area contributed by atoms with Gasteiger partial charge in [0, 0.05) is 42.7 Å². The van der Waals surface area contributed by atoms with Gasteiger partial charge in [0.15, 0.2) is 6.10 Å². The summed E-state index contributed by atoms with van der Waals surface area (Å²) in [5, 5.41) is 0. The van der Waals surface area contributed by atoms with Gasteiger partial charge < -0.3 is 9.15 Å². The third-order valence-corrected chi connectivity index (χ3v) is 11.4. The molecule has 0 fully saturated rings. The van der Waals surface area contributed by atoms with E-state index in [0.717, 1.165) is 66.9 Å². The van der Waals surface area contributed by atoms with Crippen molar-refractivity contribution in [3.63, 3.8) is 0 Å². The maximum atomic E-state index is 6.21. The predicted octanol–water partition coefficient (Wildman–Crippen LogP) is 6.90. The Morgan fingerprint density at radius 1 is 0.848 bits per heavy atom. The molecule has 4 atom stereocenters. The molecule has 46 heavy (non-hydrogen) atoms. The molecule has 0 radical (unpaired) electrons. The van der Waals surface area contributed by atoms with Gasteiger partial charge in [-0.05, 0) is 75.4 Å². The number of aromatic nitrogens is 1. The quantitative estimate of drug-likeness (QED) is 0.126. The Morgan fingerprint density at radius 3 is 2.13 bits per heavy atom. The Kier molecular flexibility index (Phi) is 11.4. The average Bonchev–Trinajstić information content (AvgIpc) is 3.68. The number of likely N-dealkylation sites (N-methyl/N-ethyl adjacent to an activating group) is 3. The van der Waals surface area contributed by atoms with Gasteiger partial charge in [-0.1, -0.05) is 82.3 Å². The lowest BCUT2D eigenvalue weighted by molar-refractivity contribution is -0.543. The molecule has 1 aromatic carbocycles. The van der Waals surface area contributed by atoms with Crippen molar-refractivity contribution in [3.8, 4) is 0 Å². The normalized spacial score (nSPS) is 24.2. The minimum atomic E-state index is 0.124. The number of benzene rings is 1. The third-order valence-electron chi connectivity index (χ3n) is 8.99. The van der Waals surface area contributed by atoms with Gasteiger partial charge in [0.1, 0.15) is 6.54 Å². The summed E-state index contributed by atoms with van der Waals surface area (Å²) >= 11 is 0. The SMILES string of the molecule is CC[N+]1=C(/C=C/C2=CCC(N(C)CCSSCCN(C)C3C=CC(/C=C/c4[nH+]c5ccccc5o4)=CC3)C=C2)OC2C=CC=CC21. The van der Waals surface area contributed by atoms with Crippen molar-refractivity contribution < 1.29 is 18.7 Å². The fourth-order valence-electron chi connectivity index (χ4n) is 6.14. The van der Waals surface area contributed by atoms with Crippen LogP contribution < -0.4 is 4.98 Å². The van der Waals surface area contributed by atoms with Crippen LogP contribution >= 0.6 is 21.6 Å². The molecule has 2 heterocycles. The highest BCUT2D eigenvalue weighted by Gasteiger charge is 2.39. The van der Waals surface area contributed by atoms with E-state index in [2.05, 4.69) is 119 Å². The standard InChI is InChI=1S/C38H45N4O2S2/c1-4-42-34-10-6-8-12-36(34)44-38(42)24-18-30-15-21-32(22-16-30)41(3)26-28-46-45-27-25-40(2)31-19-13-29(14-20-31)17-23-37-39-33-9-5-7-11-35(33)43-37/h5-19,21,23-24,31-32,34,36H,4,20,22,25-28H2,1-3H3/q+1/p+1/b23-17+,24-18+. The number of ether oxygens (including phenoxy) is 1. The Morgan fingerprint density at radius 2 is 1.50 bits per heavy atom. The largest absolute Gasteiger partial charge is 0.430 e. The molecular weight excluding hydrogens is 609 g/mol. The Balaban J connectivity index is 0.845. The summed E-state index contributed by atoms with van der Waals surface area (Å²) in [4.78, 5) is 8.25. The second-order valence-corrected chi connectivity index (χ2v) is 14.8. The zero-order valence-corrected chi connectivity index (χ0v) is 28.8. The van der Waals surface area contributed by atoms with Gasteiger partial charge in [-0.3, -0.25) is 9.80 Å². The highest BCUT2D eigenvalue weighted by atomic mass is 33.1. The number of allylic oxidation sites excluding steroid dienone is 8. The molecule has 2 aromatic rings. The van der Waals surface area contributed by atoms with Crippen LogP contribution in [0.4, 0.5) is 0 Å². The third kappa shape index (κ3) is 8.34. The summed E-state index contributed by atoms with van der Waals surface area (Å²) in [6.07, 6.45) is 33.0. The van der Waals surface area contributed by atoms with Crippen LogP contribution in [0.3, 0.4) is 0 Å². The van der Waals surface area contributed by atoms with E-state index in [-0.39, 0.29) is 6.10 Å².